The van der Waals surface area contributed by atoms with Gasteiger partial charge in [0.1, 0.15) is 0 Å². The second-order valence-corrected chi connectivity index (χ2v) is 6.95. The molecule has 24 heavy (non-hydrogen) atoms. The quantitative estimate of drug-likeness (QED) is 0.369. The summed E-state index contributed by atoms with van der Waals surface area (Å²) in [5, 5.41) is 6.88. The van der Waals surface area contributed by atoms with Crippen LogP contribution in [0, 0.1) is 12.8 Å². The van der Waals surface area contributed by atoms with Crippen LogP contribution in [0.1, 0.15) is 36.8 Å². The van der Waals surface area contributed by atoms with Crippen molar-refractivity contribution >= 4 is 29.9 Å². The van der Waals surface area contributed by atoms with Crippen molar-refractivity contribution in [2.75, 3.05) is 26.7 Å². The Morgan fingerprint density at radius 2 is 1.92 bits per heavy atom. The monoisotopic (exact) mass is 442 g/mol. The number of aryl methyl sites for hydroxylation is 1. The van der Waals surface area contributed by atoms with Crippen LogP contribution in [0.4, 0.5) is 0 Å². The first-order valence-corrected chi connectivity index (χ1v) is 8.99. The smallest absolute Gasteiger partial charge is 0.191 e. The lowest BCUT2D eigenvalue weighted by Crippen LogP contribution is -2.42. The van der Waals surface area contributed by atoms with Crippen LogP contribution in [0.5, 0.6) is 0 Å². The Kier molecular flexibility index (Phi) is 7.81. The molecule has 0 unspecified atom stereocenters. The van der Waals surface area contributed by atoms with Gasteiger partial charge in [0, 0.05) is 39.3 Å². The predicted molar refractivity (Wildman–Crippen MR) is 112 cm³/mol. The Hall–Kier alpha value is -0.820. The highest BCUT2D eigenvalue weighted by atomic mass is 127. The fraction of sp³-hybridized carbons (Fsp3) is 0.632. The lowest BCUT2D eigenvalue weighted by Gasteiger charge is -2.22. The Labute approximate surface area is 163 Å². The van der Waals surface area contributed by atoms with Gasteiger partial charge in [0.25, 0.3) is 0 Å². The molecule has 2 N–H and O–H groups in total. The summed E-state index contributed by atoms with van der Waals surface area (Å²) in [7, 11) is 1.84. The van der Waals surface area contributed by atoms with Crippen molar-refractivity contribution in [1.29, 1.82) is 0 Å². The number of aliphatic imine (C=N–C) groups is 1. The summed E-state index contributed by atoms with van der Waals surface area (Å²) in [5.41, 5.74) is 2.64. The minimum Gasteiger partial charge on any atom is -0.355 e. The third-order valence-electron chi connectivity index (χ3n) is 4.88. The molecular weight excluding hydrogens is 411 g/mol. The molecule has 4 nitrogen and oxygen atoms in total. The maximum Gasteiger partial charge on any atom is 0.191 e. The molecule has 0 spiro atoms. The molecule has 134 valence electrons. The first-order valence-electron chi connectivity index (χ1n) is 8.99. The Bertz CT molecular complexity index is 538. The van der Waals surface area contributed by atoms with Gasteiger partial charge in [-0.25, -0.2) is 0 Å². The first-order chi connectivity index (χ1) is 11.3. The zero-order chi connectivity index (χ0) is 16.1. The minimum absolute atomic E-state index is 0. The van der Waals surface area contributed by atoms with Crippen LogP contribution in [-0.4, -0.2) is 43.6 Å². The molecule has 0 heterocycles. The Morgan fingerprint density at radius 1 is 1.17 bits per heavy atom. The highest BCUT2D eigenvalue weighted by Gasteiger charge is 2.33. The predicted octanol–water partition coefficient (Wildman–Crippen LogP) is 3.15. The first kappa shape index (κ1) is 19.5. The van der Waals surface area contributed by atoms with Crippen molar-refractivity contribution in [3.63, 3.8) is 0 Å². The van der Waals surface area contributed by atoms with Crippen LogP contribution in [0.3, 0.4) is 0 Å². The molecule has 0 aliphatic heterocycles. The standard InChI is InChI=1S/C19H30N4.HI/c1-15-5-3-4-6-17(15)13-22-19(20-2)21-11-12-23(18-9-10-18)14-16-7-8-16;/h3-6,16,18H,7-14H2,1-2H3,(H2,20,21,22);1H. The van der Waals surface area contributed by atoms with E-state index in [1.165, 1.54) is 43.4 Å². The van der Waals surface area contributed by atoms with Gasteiger partial charge in [0.05, 0.1) is 0 Å². The summed E-state index contributed by atoms with van der Waals surface area (Å²) in [6.07, 6.45) is 5.67. The molecule has 5 heteroatoms. The maximum atomic E-state index is 4.34. The number of benzene rings is 1. The molecule has 2 aliphatic rings. The van der Waals surface area contributed by atoms with Gasteiger partial charge in [0.2, 0.25) is 0 Å². The number of hydrogen-bond donors (Lipinski definition) is 2. The molecule has 2 fully saturated rings. The van der Waals surface area contributed by atoms with E-state index in [9.17, 15) is 0 Å². The summed E-state index contributed by atoms with van der Waals surface area (Å²) >= 11 is 0. The van der Waals surface area contributed by atoms with Gasteiger partial charge in [-0.15, -0.1) is 24.0 Å². The zero-order valence-electron chi connectivity index (χ0n) is 14.9. The second-order valence-electron chi connectivity index (χ2n) is 6.95. The third-order valence-corrected chi connectivity index (χ3v) is 4.88. The van der Waals surface area contributed by atoms with Crippen molar-refractivity contribution in [3.05, 3.63) is 35.4 Å². The van der Waals surface area contributed by atoms with Gasteiger partial charge >= 0.3 is 0 Å². The molecule has 2 saturated carbocycles. The van der Waals surface area contributed by atoms with E-state index in [0.29, 0.717) is 0 Å². The van der Waals surface area contributed by atoms with Gasteiger partial charge in [-0.3, -0.25) is 9.89 Å². The van der Waals surface area contributed by atoms with Gasteiger partial charge in [-0.1, -0.05) is 24.3 Å². The van der Waals surface area contributed by atoms with Crippen molar-refractivity contribution in [2.24, 2.45) is 10.9 Å². The molecular formula is C19H31IN4. The van der Waals surface area contributed by atoms with Crippen LogP contribution in [0.15, 0.2) is 29.3 Å². The van der Waals surface area contributed by atoms with E-state index in [2.05, 4.69) is 51.7 Å². The molecule has 1 aromatic carbocycles. The van der Waals surface area contributed by atoms with Crippen LogP contribution < -0.4 is 10.6 Å². The van der Waals surface area contributed by atoms with E-state index in [1.807, 2.05) is 7.05 Å². The van der Waals surface area contributed by atoms with E-state index in [-0.39, 0.29) is 24.0 Å². The number of rotatable bonds is 8. The normalized spacial score (nSPS) is 17.5. The van der Waals surface area contributed by atoms with Crippen LogP contribution in [-0.2, 0) is 6.54 Å². The molecule has 0 saturated heterocycles. The molecule has 0 radical (unpaired) electrons. The molecule has 2 aliphatic carbocycles. The lowest BCUT2D eigenvalue weighted by molar-refractivity contribution is 0.256. The molecule has 0 bridgehead atoms. The maximum absolute atomic E-state index is 4.34. The van der Waals surface area contributed by atoms with Crippen LogP contribution in [0.2, 0.25) is 0 Å². The van der Waals surface area contributed by atoms with Crippen LogP contribution >= 0.6 is 24.0 Å². The summed E-state index contributed by atoms with van der Waals surface area (Å²) in [5.74, 6) is 1.88. The largest absolute Gasteiger partial charge is 0.355 e. The number of halogens is 1. The van der Waals surface area contributed by atoms with Gasteiger partial charge in [-0.05, 0) is 49.7 Å². The number of nitrogens with zero attached hydrogens (tertiary/aromatic N) is 2. The van der Waals surface area contributed by atoms with Crippen molar-refractivity contribution in [2.45, 2.75) is 45.2 Å². The fourth-order valence-electron chi connectivity index (χ4n) is 3.02. The van der Waals surface area contributed by atoms with E-state index in [0.717, 1.165) is 37.6 Å². The highest BCUT2D eigenvalue weighted by molar-refractivity contribution is 14.0. The summed E-state index contributed by atoms with van der Waals surface area (Å²) in [6, 6.07) is 9.35. The highest BCUT2D eigenvalue weighted by Crippen LogP contribution is 2.34. The Morgan fingerprint density at radius 3 is 2.54 bits per heavy atom. The van der Waals surface area contributed by atoms with E-state index < -0.39 is 0 Å². The van der Waals surface area contributed by atoms with Gasteiger partial charge < -0.3 is 10.6 Å². The summed E-state index contributed by atoms with van der Waals surface area (Å²) in [4.78, 5) is 7.02. The van der Waals surface area contributed by atoms with Crippen molar-refractivity contribution < 1.29 is 0 Å². The van der Waals surface area contributed by atoms with E-state index >= 15 is 0 Å². The summed E-state index contributed by atoms with van der Waals surface area (Å²) < 4.78 is 0. The molecule has 0 aromatic heterocycles. The second kappa shape index (κ2) is 9.61. The Balaban J connectivity index is 0.00000208. The lowest BCUT2D eigenvalue weighted by atomic mass is 10.1. The van der Waals surface area contributed by atoms with Gasteiger partial charge in [-0.2, -0.15) is 0 Å². The van der Waals surface area contributed by atoms with Crippen molar-refractivity contribution in [1.82, 2.24) is 15.5 Å². The zero-order valence-corrected chi connectivity index (χ0v) is 17.3. The van der Waals surface area contributed by atoms with Crippen LogP contribution in [0.25, 0.3) is 0 Å². The molecule has 0 amide bonds. The fourth-order valence-corrected chi connectivity index (χ4v) is 3.02. The average Bonchev–Trinajstić information content (AvgIpc) is 3.44. The summed E-state index contributed by atoms with van der Waals surface area (Å²) in [6.45, 7) is 6.38. The number of nitrogens with one attached hydrogen (secondary N) is 2. The van der Waals surface area contributed by atoms with E-state index in [1.54, 1.807) is 0 Å². The molecule has 1 aromatic rings. The topological polar surface area (TPSA) is 39.7 Å². The molecule has 3 rings (SSSR count). The SMILES string of the molecule is CN=C(NCCN(CC1CC1)C1CC1)NCc1ccccc1C.I. The third kappa shape index (κ3) is 6.24. The van der Waals surface area contributed by atoms with Crippen molar-refractivity contribution in [3.8, 4) is 0 Å². The minimum atomic E-state index is 0. The number of hydrogen-bond acceptors (Lipinski definition) is 2. The van der Waals surface area contributed by atoms with E-state index in [4.69, 9.17) is 0 Å². The molecule has 0 atom stereocenters. The number of guanidine groups is 1. The average molecular weight is 442 g/mol. The van der Waals surface area contributed by atoms with Gasteiger partial charge in [0.15, 0.2) is 5.96 Å².